The van der Waals surface area contributed by atoms with Crippen LogP contribution in [0, 0.1) is 0 Å². The number of aromatic nitrogens is 4. The Kier molecular flexibility index (Phi) is 7.46. The van der Waals surface area contributed by atoms with Crippen LogP contribution in [0.15, 0.2) is 188 Å². The van der Waals surface area contributed by atoms with Crippen LogP contribution in [-0.2, 0) is 0 Å². The predicted octanol–water partition coefficient (Wildman–Crippen LogP) is 13.3. The number of fused-ring (bicyclic) bond motifs is 10. The van der Waals surface area contributed by atoms with E-state index >= 15 is 0 Å². The lowest BCUT2D eigenvalue weighted by Crippen LogP contribution is -2.28. The molecule has 1 aliphatic heterocycles. The molecular formula is C52H33N5S. The van der Waals surface area contributed by atoms with E-state index in [1.807, 2.05) is 29.5 Å². The second-order valence-electron chi connectivity index (χ2n) is 15.0. The summed E-state index contributed by atoms with van der Waals surface area (Å²) in [5, 5.41) is 6.03. The third kappa shape index (κ3) is 5.22. The highest BCUT2D eigenvalue weighted by molar-refractivity contribution is 7.27. The highest BCUT2D eigenvalue weighted by Gasteiger charge is 2.37. The van der Waals surface area contributed by atoms with Gasteiger partial charge in [0.25, 0.3) is 0 Å². The molecule has 0 amide bonds. The molecule has 58 heavy (non-hydrogen) atoms. The molecule has 0 saturated heterocycles. The highest BCUT2D eigenvalue weighted by atomic mass is 32.1. The zero-order valence-corrected chi connectivity index (χ0v) is 32.0. The van der Waals surface area contributed by atoms with Crippen LogP contribution >= 0.6 is 11.3 Å². The van der Waals surface area contributed by atoms with Crippen LogP contribution in [0.25, 0.3) is 87.3 Å². The van der Waals surface area contributed by atoms with Gasteiger partial charge in [0.15, 0.2) is 17.5 Å². The number of nitrogens with zero attached hydrogens (tertiary/aromatic N) is 5. The van der Waals surface area contributed by atoms with Crippen molar-refractivity contribution < 1.29 is 0 Å². The van der Waals surface area contributed by atoms with Crippen LogP contribution in [0.4, 0.5) is 11.4 Å². The Morgan fingerprint density at radius 2 is 1.16 bits per heavy atom. The first-order valence-electron chi connectivity index (χ1n) is 19.6. The average molecular weight is 760 g/mol. The van der Waals surface area contributed by atoms with Gasteiger partial charge in [-0.05, 0) is 64.9 Å². The number of allylic oxidation sites excluding steroid dienone is 2. The monoisotopic (exact) mass is 759 g/mol. The third-order valence-corrected chi connectivity index (χ3v) is 12.8. The minimum Gasteiger partial charge on any atom is -0.333 e. The second-order valence-corrected chi connectivity index (χ2v) is 16.0. The maximum absolute atomic E-state index is 5.43. The van der Waals surface area contributed by atoms with E-state index in [-0.39, 0.29) is 6.04 Å². The topological polar surface area (TPSA) is 54.8 Å². The van der Waals surface area contributed by atoms with Gasteiger partial charge in [0.2, 0.25) is 0 Å². The Bertz CT molecular complexity index is 3310. The maximum Gasteiger partial charge on any atom is 0.164 e. The van der Waals surface area contributed by atoms with Gasteiger partial charge in [0.1, 0.15) is 0 Å². The van der Waals surface area contributed by atoms with Crippen molar-refractivity contribution in [2.75, 3.05) is 4.90 Å². The molecule has 0 fully saturated rings. The van der Waals surface area contributed by atoms with Crippen molar-refractivity contribution in [1.29, 1.82) is 0 Å². The normalized spacial score (nSPS) is 15.8. The molecule has 2 aliphatic rings. The fourth-order valence-electron chi connectivity index (χ4n) is 8.95. The van der Waals surface area contributed by atoms with E-state index in [0.29, 0.717) is 23.4 Å². The number of thiophene rings is 1. The van der Waals surface area contributed by atoms with Gasteiger partial charge >= 0.3 is 0 Å². The van der Waals surface area contributed by atoms with Crippen molar-refractivity contribution in [3.05, 3.63) is 194 Å². The molecular weight excluding hydrogens is 727 g/mol. The first kappa shape index (κ1) is 32.9. The van der Waals surface area contributed by atoms with E-state index < -0.39 is 0 Å². The lowest BCUT2D eigenvalue weighted by molar-refractivity contribution is 0.745. The largest absolute Gasteiger partial charge is 0.333 e. The summed E-state index contributed by atoms with van der Waals surface area (Å²) < 4.78 is 2.50. The smallest absolute Gasteiger partial charge is 0.164 e. The SMILES string of the molecule is C1=CC2c3ccccc3N(c3ccc(-c4nc(-c5ccccc5)nc(-c5cccc(-c6nc7ccc8ccccc8c7c7sc8ccccc8c67)c5)n4)cc3)C2C=C1. The van der Waals surface area contributed by atoms with Gasteiger partial charge in [-0.1, -0.05) is 140 Å². The van der Waals surface area contributed by atoms with Crippen LogP contribution < -0.4 is 4.90 Å². The molecule has 2 atom stereocenters. The van der Waals surface area contributed by atoms with Crippen molar-refractivity contribution in [3.63, 3.8) is 0 Å². The number of para-hydroxylation sites is 1. The maximum atomic E-state index is 5.43. The highest BCUT2D eigenvalue weighted by Crippen LogP contribution is 2.48. The zero-order chi connectivity index (χ0) is 38.2. The van der Waals surface area contributed by atoms with E-state index in [1.165, 1.54) is 47.6 Å². The van der Waals surface area contributed by atoms with Crippen molar-refractivity contribution in [3.8, 4) is 45.4 Å². The van der Waals surface area contributed by atoms with Gasteiger partial charge < -0.3 is 4.90 Å². The summed E-state index contributed by atoms with van der Waals surface area (Å²) in [7, 11) is 0. The Morgan fingerprint density at radius 1 is 0.483 bits per heavy atom. The number of pyridine rings is 1. The number of hydrogen-bond acceptors (Lipinski definition) is 6. The minimum absolute atomic E-state index is 0.235. The minimum atomic E-state index is 0.235. The standard InChI is InChI=1S/C52H33N5S/c1-2-14-33(15-3-1)50-54-51(34-25-28-37(29-26-34)57-43-22-9-6-19-39(43)40-20-7-10-23-44(40)57)56-52(55-50)36-17-12-16-35(31-36)48-47-41-21-8-11-24-45(41)58-49(47)46-38-18-5-4-13-32(38)27-30-42(46)53-48/h1-31,39,43H. The van der Waals surface area contributed by atoms with Crippen LogP contribution in [0.2, 0.25) is 0 Å². The third-order valence-electron chi connectivity index (χ3n) is 11.6. The quantitative estimate of drug-likeness (QED) is 0.164. The van der Waals surface area contributed by atoms with Crippen molar-refractivity contribution in [1.82, 2.24) is 19.9 Å². The first-order chi connectivity index (χ1) is 28.7. The molecule has 6 heteroatoms. The number of hydrogen-bond donors (Lipinski definition) is 0. The fourth-order valence-corrected chi connectivity index (χ4v) is 10.2. The zero-order valence-electron chi connectivity index (χ0n) is 31.2. The summed E-state index contributed by atoms with van der Waals surface area (Å²) in [6.07, 6.45) is 8.93. The lowest BCUT2D eigenvalue weighted by Gasteiger charge is -2.28. The average Bonchev–Trinajstić information content (AvgIpc) is 3.85. The van der Waals surface area contributed by atoms with Crippen LogP contribution in [0.5, 0.6) is 0 Å². The van der Waals surface area contributed by atoms with Gasteiger partial charge in [0.05, 0.1) is 17.3 Å². The van der Waals surface area contributed by atoms with Crippen molar-refractivity contribution >= 4 is 64.6 Å². The Hall–Kier alpha value is -7.28. The van der Waals surface area contributed by atoms with Gasteiger partial charge in [-0.15, -0.1) is 11.3 Å². The summed E-state index contributed by atoms with van der Waals surface area (Å²) in [5.41, 5.74) is 9.47. The first-order valence-corrected chi connectivity index (χ1v) is 20.5. The summed E-state index contributed by atoms with van der Waals surface area (Å²) in [5.74, 6) is 2.20. The Labute approximate surface area is 339 Å². The molecule has 0 N–H and O–H groups in total. The molecule has 3 aromatic heterocycles. The molecule has 1 aliphatic carbocycles. The summed E-state index contributed by atoms with van der Waals surface area (Å²) in [4.78, 5) is 23.2. The molecule has 10 aromatic rings. The van der Waals surface area contributed by atoms with E-state index in [0.717, 1.165) is 39.2 Å². The van der Waals surface area contributed by atoms with Gasteiger partial charge in [0, 0.05) is 65.1 Å². The Morgan fingerprint density at radius 3 is 2.02 bits per heavy atom. The molecule has 0 saturated carbocycles. The van der Waals surface area contributed by atoms with Crippen LogP contribution in [0.3, 0.4) is 0 Å². The summed E-state index contributed by atoms with van der Waals surface area (Å²) in [6.45, 7) is 0. The summed E-state index contributed by atoms with van der Waals surface area (Å²) in [6, 6.07) is 58.0. The molecule has 5 nitrogen and oxygen atoms in total. The van der Waals surface area contributed by atoms with E-state index in [2.05, 4.69) is 175 Å². The molecule has 12 rings (SSSR count). The molecule has 0 radical (unpaired) electrons. The molecule has 0 spiro atoms. The van der Waals surface area contributed by atoms with E-state index in [4.69, 9.17) is 19.9 Å². The predicted molar refractivity (Wildman–Crippen MR) is 241 cm³/mol. The Balaban J connectivity index is 0.995. The number of anilines is 2. The van der Waals surface area contributed by atoms with Gasteiger partial charge in [-0.25, -0.2) is 19.9 Å². The van der Waals surface area contributed by atoms with E-state index in [9.17, 15) is 0 Å². The van der Waals surface area contributed by atoms with Gasteiger partial charge in [-0.3, -0.25) is 0 Å². The molecule has 0 bridgehead atoms. The molecule has 7 aromatic carbocycles. The van der Waals surface area contributed by atoms with Gasteiger partial charge in [-0.2, -0.15) is 0 Å². The lowest BCUT2D eigenvalue weighted by atomic mass is 9.91. The molecule has 2 unspecified atom stereocenters. The molecule has 4 heterocycles. The van der Waals surface area contributed by atoms with Crippen LogP contribution in [0.1, 0.15) is 11.5 Å². The summed E-state index contributed by atoms with van der Waals surface area (Å²) >= 11 is 1.84. The van der Waals surface area contributed by atoms with E-state index in [1.54, 1.807) is 0 Å². The second kappa shape index (κ2) is 13.2. The fraction of sp³-hybridized carbons (Fsp3) is 0.0385. The molecule has 272 valence electrons. The van der Waals surface area contributed by atoms with Crippen molar-refractivity contribution in [2.24, 2.45) is 0 Å². The number of rotatable bonds is 5. The van der Waals surface area contributed by atoms with Crippen molar-refractivity contribution in [2.45, 2.75) is 12.0 Å². The number of benzene rings is 7. The van der Waals surface area contributed by atoms with Crippen LogP contribution in [-0.4, -0.2) is 26.0 Å².